The zero-order chi connectivity index (χ0) is 13.7. The zero-order valence-electron chi connectivity index (χ0n) is 11.8. The molecule has 1 N–H and O–H groups in total. The number of nitrogens with zero attached hydrogens (tertiary/aromatic N) is 1. The lowest BCUT2D eigenvalue weighted by Gasteiger charge is -2.14. The number of carbonyl (C=O) groups excluding carboxylic acids is 1. The number of hydrogen-bond acceptors (Lipinski definition) is 3. The Morgan fingerprint density at radius 1 is 1.39 bits per heavy atom. The molecule has 0 aromatic heterocycles. The molecule has 4 heteroatoms. The molecule has 0 unspecified atom stereocenters. The summed E-state index contributed by atoms with van der Waals surface area (Å²) < 4.78 is 5.45. The van der Waals surface area contributed by atoms with Gasteiger partial charge in [0.2, 0.25) is 0 Å². The van der Waals surface area contributed by atoms with Crippen LogP contribution in [0.2, 0.25) is 0 Å². The number of nitrogens with one attached hydrogen (secondary N) is 1. The summed E-state index contributed by atoms with van der Waals surface area (Å²) in [6.07, 6.45) is 0. The van der Waals surface area contributed by atoms with Crippen LogP contribution < -0.4 is 10.2 Å². The number of amides is 1. The fourth-order valence-corrected chi connectivity index (χ4v) is 1.82. The van der Waals surface area contributed by atoms with Crippen LogP contribution in [0, 0.1) is 6.92 Å². The van der Waals surface area contributed by atoms with Gasteiger partial charge in [-0.3, -0.25) is 10.2 Å². The largest absolute Gasteiger partial charge is 0.484 e. The van der Waals surface area contributed by atoms with Crippen molar-refractivity contribution in [2.24, 2.45) is 0 Å². The molecule has 0 saturated carbocycles. The van der Waals surface area contributed by atoms with E-state index in [1.807, 2.05) is 12.1 Å². The van der Waals surface area contributed by atoms with E-state index in [-0.39, 0.29) is 12.5 Å². The Balaban J connectivity index is 2.59. The average Bonchev–Trinajstić information content (AvgIpc) is 2.25. The third-order valence-corrected chi connectivity index (χ3v) is 2.58. The van der Waals surface area contributed by atoms with Crippen LogP contribution in [0.4, 0.5) is 0 Å². The van der Waals surface area contributed by atoms with Crippen LogP contribution in [-0.4, -0.2) is 31.6 Å². The standard InChI is InChI=1S/C14H22N2O2/c1-10(2)13-7-6-12(8-11(13)3)18-9-14(17)15-16(4)5/h6-8,10H,9H2,1-5H3,(H,15,17). The van der Waals surface area contributed by atoms with Crippen molar-refractivity contribution in [3.8, 4) is 5.75 Å². The molecule has 4 nitrogen and oxygen atoms in total. The Morgan fingerprint density at radius 3 is 2.56 bits per heavy atom. The summed E-state index contributed by atoms with van der Waals surface area (Å²) in [6.45, 7) is 6.40. The second-order valence-corrected chi connectivity index (χ2v) is 4.89. The zero-order valence-corrected chi connectivity index (χ0v) is 11.8. The van der Waals surface area contributed by atoms with E-state index in [0.29, 0.717) is 5.92 Å². The molecule has 0 aliphatic rings. The minimum atomic E-state index is -0.161. The fourth-order valence-electron chi connectivity index (χ4n) is 1.82. The summed E-state index contributed by atoms with van der Waals surface area (Å²) >= 11 is 0. The first-order chi connectivity index (χ1) is 8.40. The third kappa shape index (κ3) is 4.37. The van der Waals surface area contributed by atoms with Crippen molar-refractivity contribution in [3.05, 3.63) is 29.3 Å². The first-order valence-corrected chi connectivity index (χ1v) is 6.10. The second-order valence-electron chi connectivity index (χ2n) is 4.89. The molecule has 0 saturated heterocycles. The lowest BCUT2D eigenvalue weighted by atomic mass is 9.98. The number of aryl methyl sites for hydroxylation is 1. The maximum absolute atomic E-state index is 11.4. The Hall–Kier alpha value is -1.55. The number of benzene rings is 1. The van der Waals surface area contributed by atoms with E-state index in [9.17, 15) is 4.79 Å². The first-order valence-electron chi connectivity index (χ1n) is 6.10. The third-order valence-electron chi connectivity index (χ3n) is 2.58. The van der Waals surface area contributed by atoms with Gasteiger partial charge in [0.15, 0.2) is 6.61 Å². The predicted molar refractivity (Wildman–Crippen MR) is 72.6 cm³/mol. The summed E-state index contributed by atoms with van der Waals surface area (Å²) in [4.78, 5) is 11.4. The molecule has 0 spiro atoms. The molecule has 0 fully saturated rings. The molecule has 0 atom stereocenters. The Morgan fingerprint density at radius 2 is 2.06 bits per heavy atom. The highest BCUT2D eigenvalue weighted by Crippen LogP contribution is 2.23. The van der Waals surface area contributed by atoms with Gasteiger partial charge in [-0.25, -0.2) is 5.01 Å². The lowest BCUT2D eigenvalue weighted by molar-refractivity contribution is -0.126. The lowest BCUT2D eigenvalue weighted by Crippen LogP contribution is -2.39. The van der Waals surface area contributed by atoms with E-state index in [2.05, 4.69) is 32.3 Å². The van der Waals surface area contributed by atoms with Gasteiger partial charge in [-0.15, -0.1) is 0 Å². The summed E-state index contributed by atoms with van der Waals surface area (Å²) in [5, 5.41) is 1.60. The number of hydrogen-bond donors (Lipinski definition) is 1. The highest BCUT2D eigenvalue weighted by molar-refractivity contribution is 5.76. The van der Waals surface area contributed by atoms with E-state index < -0.39 is 0 Å². The van der Waals surface area contributed by atoms with Gasteiger partial charge in [-0.1, -0.05) is 19.9 Å². The number of rotatable bonds is 5. The van der Waals surface area contributed by atoms with Crippen LogP contribution in [0.3, 0.4) is 0 Å². The first kappa shape index (κ1) is 14.5. The topological polar surface area (TPSA) is 41.6 Å². The van der Waals surface area contributed by atoms with Crippen LogP contribution in [0.25, 0.3) is 0 Å². The Labute approximate surface area is 109 Å². The second kappa shape index (κ2) is 6.40. The van der Waals surface area contributed by atoms with Crippen molar-refractivity contribution in [1.82, 2.24) is 10.4 Å². The van der Waals surface area contributed by atoms with Crippen LogP contribution in [0.5, 0.6) is 5.75 Å². The van der Waals surface area contributed by atoms with Crippen LogP contribution >= 0.6 is 0 Å². The van der Waals surface area contributed by atoms with E-state index in [1.54, 1.807) is 19.1 Å². The minimum absolute atomic E-state index is 0.0264. The highest BCUT2D eigenvalue weighted by atomic mass is 16.5. The van der Waals surface area contributed by atoms with Gasteiger partial charge in [-0.05, 0) is 36.1 Å². The molecule has 0 heterocycles. The number of ether oxygens (including phenoxy) is 1. The minimum Gasteiger partial charge on any atom is -0.484 e. The van der Waals surface area contributed by atoms with Gasteiger partial charge >= 0.3 is 0 Å². The van der Waals surface area contributed by atoms with Gasteiger partial charge in [0.05, 0.1) is 0 Å². The van der Waals surface area contributed by atoms with Crippen molar-refractivity contribution in [2.45, 2.75) is 26.7 Å². The summed E-state index contributed by atoms with van der Waals surface area (Å²) in [5.74, 6) is 1.06. The van der Waals surface area contributed by atoms with Gasteiger partial charge in [0, 0.05) is 14.1 Å². The van der Waals surface area contributed by atoms with E-state index in [4.69, 9.17) is 4.74 Å². The van der Waals surface area contributed by atoms with Crippen molar-refractivity contribution in [3.63, 3.8) is 0 Å². The molecule has 0 radical (unpaired) electrons. The SMILES string of the molecule is Cc1cc(OCC(=O)NN(C)C)ccc1C(C)C. The van der Waals surface area contributed by atoms with Crippen molar-refractivity contribution in [2.75, 3.05) is 20.7 Å². The number of hydrazine groups is 1. The molecule has 0 bridgehead atoms. The van der Waals surface area contributed by atoms with Gasteiger partial charge in [-0.2, -0.15) is 0 Å². The predicted octanol–water partition coefficient (Wildman–Crippen LogP) is 2.09. The summed E-state index contributed by atoms with van der Waals surface area (Å²) in [7, 11) is 3.53. The van der Waals surface area contributed by atoms with E-state index in [0.717, 1.165) is 5.75 Å². The van der Waals surface area contributed by atoms with Gasteiger partial charge in [0.25, 0.3) is 5.91 Å². The van der Waals surface area contributed by atoms with Gasteiger partial charge < -0.3 is 4.74 Å². The molecular weight excluding hydrogens is 228 g/mol. The van der Waals surface area contributed by atoms with Crippen LogP contribution in [0.1, 0.15) is 30.9 Å². The maximum Gasteiger partial charge on any atom is 0.272 e. The molecular formula is C14H22N2O2. The average molecular weight is 250 g/mol. The van der Waals surface area contributed by atoms with E-state index in [1.165, 1.54) is 11.1 Å². The molecule has 1 rings (SSSR count). The monoisotopic (exact) mass is 250 g/mol. The fraction of sp³-hybridized carbons (Fsp3) is 0.500. The molecule has 0 aliphatic carbocycles. The molecule has 18 heavy (non-hydrogen) atoms. The maximum atomic E-state index is 11.4. The molecule has 1 amide bonds. The molecule has 100 valence electrons. The number of carbonyl (C=O) groups is 1. The Kier molecular flexibility index (Phi) is 5.16. The molecule has 1 aromatic carbocycles. The van der Waals surface area contributed by atoms with Crippen LogP contribution in [0.15, 0.2) is 18.2 Å². The van der Waals surface area contributed by atoms with Crippen molar-refractivity contribution in [1.29, 1.82) is 0 Å². The molecule has 1 aromatic rings. The normalized spacial score (nSPS) is 10.8. The van der Waals surface area contributed by atoms with Crippen molar-refractivity contribution >= 4 is 5.91 Å². The van der Waals surface area contributed by atoms with Gasteiger partial charge in [0.1, 0.15) is 5.75 Å². The smallest absolute Gasteiger partial charge is 0.272 e. The molecule has 0 aliphatic heterocycles. The Bertz CT molecular complexity index is 414. The summed E-state index contributed by atoms with van der Waals surface area (Å²) in [6, 6.07) is 5.93. The van der Waals surface area contributed by atoms with E-state index >= 15 is 0 Å². The quantitative estimate of drug-likeness (QED) is 0.814. The van der Waals surface area contributed by atoms with Crippen LogP contribution in [-0.2, 0) is 4.79 Å². The van der Waals surface area contributed by atoms with Crippen molar-refractivity contribution < 1.29 is 9.53 Å². The highest BCUT2D eigenvalue weighted by Gasteiger charge is 2.07. The summed E-state index contributed by atoms with van der Waals surface area (Å²) in [5.41, 5.74) is 5.12.